The molecule has 0 aliphatic heterocycles. The molecule has 0 aliphatic rings. The summed E-state index contributed by atoms with van der Waals surface area (Å²) in [6.45, 7) is 0. The fourth-order valence-corrected chi connectivity index (χ4v) is 9.26. The van der Waals surface area contributed by atoms with Gasteiger partial charge in [0, 0.05) is 53.4 Å². The van der Waals surface area contributed by atoms with Crippen LogP contribution >= 0.6 is 11.3 Å². The van der Waals surface area contributed by atoms with E-state index in [4.69, 9.17) is 4.42 Å². The van der Waals surface area contributed by atoms with Crippen molar-refractivity contribution in [2.24, 2.45) is 0 Å². The number of rotatable bonds is 5. The molecule has 0 amide bonds. The van der Waals surface area contributed by atoms with Gasteiger partial charge >= 0.3 is 0 Å². The van der Waals surface area contributed by atoms with Crippen LogP contribution in [0.4, 0.5) is 17.1 Å². The Morgan fingerprint density at radius 1 is 0.377 bits per heavy atom. The molecular weight excluding hydrogens is 663 g/mol. The molecule has 53 heavy (non-hydrogen) atoms. The first-order valence-electron chi connectivity index (χ1n) is 18.0. The maximum absolute atomic E-state index is 6.53. The molecule has 0 atom stereocenters. The molecule has 0 saturated heterocycles. The summed E-state index contributed by atoms with van der Waals surface area (Å²) in [5.74, 6) is 0. The second kappa shape index (κ2) is 11.9. The highest BCUT2D eigenvalue weighted by atomic mass is 32.1. The fraction of sp³-hybridized carbons (Fsp3) is 0. The first-order chi connectivity index (χ1) is 26.3. The van der Waals surface area contributed by atoms with Gasteiger partial charge in [-0.25, -0.2) is 0 Å². The molecule has 0 saturated carbocycles. The van der Waals surface area contributed by atoms with Gasteiger partial charge < -0.3 is 9.32 Å². The number of hydrogen-bond acceptors (Lipinski definition) is 3. The van der Waals surface area contributed by atoms with Crippen LogP contribution in [-0.4, -0.2) is 0 Å². The Balaban J connectivity index is 1.08. The summed E-state index contributed by atoms with van der Waals surface area (Å²) in [5.41, 5.74) is 9.91. The molecule has 0 aliphatic carbocycles. The molecule has 11 aromatic rings. The SMILES string of the molecule is c1cc(-c2cccc3ccccc23)cc(N(c2ccc(-c3cccc4oc5c6ccccc6ccc5c34)cc2)c2ccc3sc4ccccc4c3c2)c1. The molecule has 0 N–H and O–H groups in total. The van der Waals surface area contributed by atoms with Gasteiger partial charge in [-0.15, -0.1) is 11.3 Å². The van der Waals surface area contributed by atoms with Gasteiger partial charge in [0.1, 0.15) is 11.2 Å². The zero-order valence-electron chi connectivity index (χ0n) is 28.7. The summed E-state index contributed by atoms with van der Waals surface area (Å²) in [4.78, 5) is 2.39. The molecule has 0 fully saturated rings. The summed E-state index contributed by atoms with van der Waals surface area (Å²) in [7, 11) is 0. The van der Waals surface area contributed by atoms with Crippen molar-refractivity contribution in [3.63, 3.8) is 0 Å². The summed E-state index contributed by atoms with van der Waals surface area (Å²) in [6.07, 6.45) is 0. The quantitative estimate of drug-likeness (QED) is 0.178. The maximum Gasteiger partial charge on any atom is 0.143 e. The van der Waals surface area contributed by atoms with Crippen LogP contribution in [0.3, 0.4) is 0 Å². The van der Waals surface area contributed by atoms with E-state index in [1.807, 2.05) is 11.3 Å². The Hall–Kier alpha value is -6.68. The van der Waals surface area contributed by atoms with Crippen molar-refractivity contribution in [1.29, 1.82) is 0 Å². The molecular formula is C50H31NOS. The van der Waals surface area contributed by atoms with Gasteiger partial charge in [0.25, 0.3) is 0 Å². The smallest absolute Gasteiger partial charge is 0.143 e. The molecule has 2 nitrogen and oxygen atoms in total. The topological polar surface area (TPSA) is 16.4 Å². The predicted octanol–water partition coefficient (Wildman–Crippen LogP) is 15.1. The Kier molecular flexibility index (Phi) is 6.76. The third kappa shape index (κ3) is 4.86. The standard InChI is InChI=1S/C50H31NOS/c1-3-15-39-32(10-1)12-8-18-40(39)35-13-7-14-37(30-35)51(38-27-29-48-45(31-38)43-17-5-6-21-47(43)53-48)36-25-22-34(23-26-36)41-19-9-20-46-49(41)44-28-24-33-11-2-4-16-42(33)50(44)52-46/h1-31H. The molecule has 0 unspecified atom stereocenters. The lowest BCUT2D eigenvalue weighted by Crippen LogP contribution is -2.10. The first kappa shape index (κ1) is 30.0. The summed E-state index contributed by atoms with van der Waals surface area (Å²) in [5, 5.41) is 9.68. The average molecular weight is 694 g/mol. The third-order valence-electron chi connectivity index (χ3n) is 10.6. The van der Waals surface area contributed by atoms with Crippen LogP contribution in [0, 0.1) is 0 Å². The van der Waals surface area contributed by atoms with E-state index in [0.29, 0.717) is 0 Å². The van der Waals surface area contributed by atoms with Gasteiger partial charge in [-0.2, -0.15) is 0 Å². The van der Waals surface area contributed by atoms with Gasteiger partial charge in [-0.3, -0.25) is 0 Å². The number of furan rings is 1. The highest BCUT2D eigenvalue weighted by Crippen LogP contribution is 2.44. The third-order valence-corrected chi connectivity index (χ3v) is 11.8. The number of benzene rings is 9. The van der Waals surface area contributed by atoms with E-state index >= 15 is 0 Å². The fourth-order valence-electron chi connectivity index (χ4n) is 8.17. The van der Waals surface area contributed by atoms with Gasteiger partial charge in [-0.1, -0.05) is 127 Å². The second-order valence-electron chi connectivity index (χ2n) is 13.7. The van der Waals surface area contributed by atoms with Crippen molar-refractivity contribution >= 4 is 92.1 Å². The minimum atomic E-state index is 0.904. The van der Waals surface area contributed by atoms with Crippen LogP contribution in [0.2, 0.25) is 0 Å². The van der Waals surface area contributed by atoms with Gasteiger partial charge in [-0.05, 0) is 99.1 Å². The minimum Gasteiger partial charge on any atom is -0.455 e. The predicted molar refractivity (Wildman–Crippen MR) is 227 cm³/mol. The van der Waals surface area contributed by atoms with Crippen molar-refractivity contribution in [3.8, 4) is 22.3 Å². The molecule has 9 aromatic carbocycles. The molecule has 3 heteroatoms. The molecule has 0 spiro atoms. The highest BCUT2D eigenvalue weighted by Gasteiger charge is 2.18. The van der Waals surface area contributed by atoms with Gasteiger partial charge in [0.2, 0.25) is 0 Å². The van der Waals surface area contributed by atoms with Crippen molar-refractivity contribution in [2.45, 2.75) is 0 Å². The zero-order chi connectivity index (χ0) is 34.9. The lowest BCUT2D eigenvalue weighted by molar-refractivity contribution is 0.673. The van der Waals surface area contributed by atoms with Crippen LogP contribution in [0.1, 0.15) is 0 Å². The Labute approximate surface area is 310 Å². The van der Waals surface area contributed by atoms with Gasteiger partial charge in [0.15, 0.2) is 0 Å². The lowest BCUT2D eigenvalue weighted by Gasteiger charge is -2.26. The minimum absolute atomic E-state index is 0.904. The maximum atomic E-state index is 6.53. The van der Waals surface area contributed by atoms with Crippen molar-refractivity contribution < 1.29 is 4.42 Å². The van der Waals surface area contributed by atoms with Crippen LogP contribution in [0.25, 0.3) is 85.9 Å². The highest BCUT2D eigenvalue weighted by molar-refractivity contribution is 7.25. The average Bonchev–Trinajstić information content (AvgIpc) is 3.80. The number of nitrogens with zero attached hydrogens (tertiary/aromatic N) is 1. The molecule has 2 heterocycles. The van der Waals surface area contributed by atoms with Crippen molar-refractivity contribution in [3.05, 3.63) is 188 Å². The Morgan fingerprint density at radius 2 is 1.04 bits per heavy atom. The van der Waals surface area contributed by atoms with Crippen LogP contribution in [0.5, 0.6) is 0 Å². The van der Waals surface area contributed by atoms with E-state index in [1.54, 1.807) is 0 Å². The summed E-state index contributed by atoms with van der Waals surface area (Å²) >= 11 is 1.85. The van der Waals surface area contributed by atoms with E-state index in [0.717, 1.165) is 50.0 Å². The van der Waals surface area contributed by atoms with Crippen LogP contribution in [0.15, 0.2) is 192 Å². The Bertz CT molecular complexity index is 3180. The summed E-state index contributed by atoms with van der Waals surface area (Å²) < 4.78 is 9.13. The molecule has 248 valence electrons. The second-order valence-corrected chi connectivity index (χ2v) is 14.8. The molecule has 0 radical (unpaired) electrons. The molecule has 11 rings (SSSR count). The van der Waals surface area contributed by atoms with Crippen LogP contribution < -0.4 is 4.90 Å². The van der Waals surface area contributed by atoms with E-state index in [2.05, 4.69) is 193 Å². The van der Waals surface area contributed by atoms with E-state index in [-0.39, 0.29) is 0 Å². The van der Waals surface area contributed by atoms with E-state index < -0.39 is 0 Å². The monoisotopic (exact) mass is 693 g/mol. The van der Waals surface area contributed by atoms with Gasteiger partial charge in [0.05, 0.1) is 0 Å². The van der Waals surface area contributed by atoms with E-state index in [9.17, 15) is 0 Å². The van der Waals surface area contributed by atoms with Crippen molar-refractivity contribution in [1.82, 2.24) is 0 Å². The molecule has 0 bridgehead atoms. The van der Waals surface area contributed by atoms with Crippen molar-refractivity contribution in [2.75, 3.05) is 4.90 Å². The zero-order valence-corrected chi connectivity index (χ0v) is 29.5. The first-order valence-corrected chi connectivity index (χ1v) is 18.8. The number of fused-ring (bicyclic) bond motifs is 9. The largest absolute Gasteiger partial charge is 0.455 e. The Morgan fingerprint density at radius 3 is 1.92 bits per heavy atom. The normalized spacial score (nSPS) is 11.8. The number of thiophene rings is 1. The number of hydrogen-bond donors (Lipinski definition) is 0. The molecule has 2 aromatic heterocycles. The van der Waals surface area contributed by atoms with Crippen LogP contribution in [-0.2, 0) is 0 Å². The van der Waals surface area contributed by atoms with E-state index in [1.165, 1.54) is 53.0 Å². The summed E-state index contributed by atoms with van der Waals surface area (Å²) in [6, 6.07) is 68.0. The number of anilines is 3. The lowest BCUT2D eigenvalue weighted by atomic mass is 9.97.